The Bertz CT molecular complexity index is 2100. The fourth-order valence-electron chi connectivity index (χ4n) is 7.29. The Kier molecular flexibility index (Phi) is 27.4. The highest BCUT2D eigenvalue weighted by atomic mass is 33.1. The molecule has 0 aliphatic carbocycles. The number of carbonyl (C=O) groups is 9. The van der Waals surface area contributed by atoms with Gasteiger partial charge in [0, 0.05) is 31.3 Å². The van der Waals surface area contributed by atoms with Gasteiger partial charge in [0.1, 0.15) is 54.4 Å². The van der Waals surface area contributed by atoms with Crippen molar-refractivity contribution in [1.82, 2.24) is 31.9 Å². The van der Waals surface area contributed by atoms with Gasteiger partial charge in [-0.05, 0) is 75.0 Å². The second-order valence-electron chi connectivity index (χ2n) is 15.9. The normalized spacial score (nSPS) is 12.6. The lowest BCUT2D eigenvalue weighted by molar-refractivity contribution is -0.145. The fourth-order valence-corrected chi connectivity index (χ4v) is 14.1. The van der Waals surface area contributed by atoms with Crippen LogP contribution in [-0.4, -0.2) is 143 Å². The number of benzene rings is 3. The third kappa shape index (κ3) is 20.7. The first kappa shape index (κ1) is 59.3. The summed E-state index contributed by atoms with van der Waals surface area (Å²) in [6.07, 6.45) is 2.46. The average Bonchev–Trinajstić information content (AvgIpc) is 3.39. The van der Waals surface area contributed by atoms with E-state index in [2.05, 4.69) is 114 Å². The molecule has 0 aliphatic heterocycles. The minimum Gasteiger partial charge on any atom is -0.468 e. The van der Waals surface area contributed by atoms with Crippen LogP contribution in [0.1, 0.15) is 51.9 Å². The molecule has 0 saturated carbocycles. The molecule has 0 unspecified atom stereocenters. The zero-order valence-electron chi connectivity index (χ0n) is 40.7. The number of hydrogen-bond donors (Lipinski definition) is 6. The summed E-state index contributed by atoms with van der Waals surface area (Å²) in [6.45, 7) is 0.537. The van der Waals surface area contributed by atoms with Gasteiger partial charge in [0.25, 0.3) is 0 Å². The predicted octanol–water partition coefficient (Wildman–Crippen LogP) is 1.45. The van der Waals surface area contributed by atoms with E-state index in [1.54, 1.807) is 0 Å². The van der Waals surface area contributed by atoms with Gasteiger partial charge >= 0.3 is 23.9 Å². The highest BCUT2D eigenvalue weighted by molar-refractivity contribution is 8.76. The molecule has 4 atom stereocenters. The van der Waals surface area contributed by atoms with Crippen molar-refractivity contribution in [3.8, 4) is 0 Å². The summed E-state index contributed by atoms with van der Waals surface area (Å²) < 4.78 is 19.0. The maximum Gasteiger partial charge on any atom is 0.328 e. The number of hydrogen-bond acceptors (Lipinski definition) is 16. The van der Waals surface area contributed by atoms with Gasteiger partial charge in [0.15, 0.2) is 0 Å². The number of esters is 4. The van der Waals surface area contributed by atoms with Crippen LogP contribution < -0.4 is 47.8 Å². The number of methoxy groups -OCH3 is 4. The molecule has 3 rings (SSSR count). The van der Waals surface area contributed by atoms with Crippen molar-refractivity contribution in [2.24, 2.45) is 0 Å². The van der Waals surface area contributed by atoms with E-state index in [0.717, 1.165) is 37.6 Å². The molecule has 19 nitrogen and oxygen atoms in total. The van der Waals surface area contributed by atoms with Gasteiger partial charge in [-0.15, -0.1) is 0 Å². The lowest BCUT2D eigenvalue weighted by atomic mass is 10.1. The quantitative estimate of drug-likeness (QED) is 0.0170. The topological polar surface area (TPSA) is 263 Å². The van der Waals surface area contributed by atoms with Gasteiger partial charge in [-0.2, -0.15) is 0 Å². The molecule has 386 valence electrons. The highest BCUT2D eigenvalue weighted by Crippen LogP contribution is 2.56. The minimum absolute atomic E-state index is 0.0396. The molecule has 71 heavy (non-hydrogen) atoms. The van der Waals surface area contributed by atoms with Gasteiger partial charge < -0.3 is 50.8 Å². The fraction of sp³-hybridized carbons (Fsp3) is 0.449. The SMILES string of the molecule is COC(=O)CNC(=O)[C@H](CSSC[C@H](NC(=O)CC[C@H](NC(C)=O)C(=O)OC)C(=O)NCC(=O)OC)NCCC[C@H](NC(=O)CCCC[P+](c1ccccc1)(c1ccccc1)c1ccccc1)C(=O)OC. The first-order chi connectivity index (χ1) is 34.2. The minimum atomic E-state index is -2.08. The number of amides is 5. The van der Waals surface area contributed by atoms with Crippen LogP contribution in [0.4, 0.5) is 0 Å². The van der Waals surface area contributed by atoms with Crippen molar-refractivity contribution in [3.63, 3.8) is 0 Å². The van der Waals surface area contributed by atoms with Crippen LogP contribution in [0, 0.1) is 0 Å². The van der Waals surface area contributed by atoms with Crippen molar-refractivity contribution in [1.29, 1.82) is 0 Å². The molecule has 0 radical (unpaired) electrons. The monoisotopic (exact) mass is 1040 g/mol. The largest absolute Gasteiger partial charge is 0.468 e. The van der Waals surface area contributed by atoms with Gasteiger partial charge in [0.05, 0.1) is 40.6 Å². The maximum atomic E-state index is 13.4. The van der Waals surface area contributed by atoms with Gasteiger partial charge in [-0.25, -0.2) is 9.59 Å². The van der Waals surface area contributed by atoms with Crippen LogP contribution >= 0.6 is 28.9 Å². The zero-order chi connectivity index (χ0) is 52.0. The summed E-state index contributed by atoms with van der Waals surface area (Å²) in [6, 6.07) is 27.3. The summed E-state index contributed by atoms with van der Waals surface area (Å²) in [5, 5.41) is 19.6. The summed E-state index contributed by atoms with van der Waals surface area (Å²) >= 11 is 0. The third-order valence-corrected chi connectivity index (χ3v) is 17.9. The number of carbonyl (C=O) groups excluding carboxylic acids is 9. The third-order valence-electron chi connectivity index (χ3n) is 10.9. The van der Waals surface area contributed by atoms with Crippen LogP contribution in [0.2, 0.25) is 0 Å². The molecular formula is C49H66N6O13PS2+. The van der Waals surface area contributed by atoms with E-state index in [4.69, 9.17) is 9.47 Å². The van der Waals surface area contributed by atoms with E-state index < -0.39 is 92.0 Å². The smallest absolute Gasteiger partial charge is 0.328 e. The molecule has 3 aromatic rings. The lowest BCUT2D eigenvalue weighted by Crippen LogP contribution is -2.50. The van der Waals surface area contributed by atoms with Crippen molar-refractivity contribution in [3.05, 3.63) is 91.0 Å². The zero-order valence-corrected chi connectivity index (χ0v) is 43.3. The molecule has 5 amide bonds. The van der Waals surface area contributed by atoms with Crippen molar-refractivity contribution in [2.45, 2.75) is 76.0 Å². The Morgan fingerprint density at radius 3 is 1.41 bits per heavy atom. The van der Waals surface area contributed by atoms with E-state index in [0.29, 0.717) is 12.8 Å². The second kappa shape index (κ2) is 32.8. The first-order valence-corrected chi connectivity index (χ1v) is 27.4. The number of nitrogens with one attached hydrogen (secondary N) is 6. The molecule has 22 heteroatoms. The second-order valence-corrected chi connectivity index (χ2v) is 22.0. The highest BCUT2D eigenvalue weighted by Gasteiger charge is 2.44. The Labute approximate surface area is 423 Å². The molecule has 0 aliphatic rings. The van der Waals surface area contributed by atoms with Gasteiger partial charge in [0.2, 0.25) is 29.5 Å². The Hall–Kier alpha value is -6.02. The Morgan fingerprint density at radius 2 is 0.944 bits per heavy atom. The van der Waals surface area contributed by atoms with E-state index in [1.807, 2.05) is 18.2 Å². The van der Waals surface area contributed by atoms with Gasteiger partial charge in [-0.1, -0.05) is 76.2 Å². The van der Waals surface area contributed by atoms with Crippen LogP contribution in [0.15, 0.2) is 91.0 Å². The summed E-state index contributed by atoms with van der Waals surface area (Å²) in [4.78, 5) is 113. The van der Waals surface area contributed by atoms with Crippen LogP contribution in [0.3, 0.4) is 0 Å². The van der Waals surface area contributed by atoms with E-state index >= 15 is 0 Å². The molecule has 0 heterocycles. The number of rotatable bonds is 32. The maximum absolute atomic E-state index is 13.4. The molecule has 0 bridgehead atoms. The molecule has 6 N–H and O–H groups in total. The molecule has 0 spiro atoms. The van der Waals surface area contributed by atoms with Crippen LogP contribution in [0.5, 0.6) is 0 Å². The standard InChI is InChI=1S/C49H65N6O13PS2/c1-34(56)53-39(49(64)68-5)26-27-43(58)55-41(47(62)52-31-45(60)66-3)33-71-70-32-40(46(61)51-30-44(59)65-2)50-28-17-24-38(48(63)67-4)54-42(57)25-15-16-29-69(35-18-9-6-10-19-35,36-20-11-7-12-21-36)37-22-13-8-14-23-37/h6-14,18-23,38-41,50H,15-17,24-33H2,1-5H3,(H4-,51,52,53,54,55,56,57,58,61,62)/p+1/t38-,39-,40-,41-/m0/s1. The summed E-state index contributed by atoms with van der Waals surface area (Å²) in [5.74, 6) is -5.41. The van der Waals surface area contributed by atoms with Crippen molar-refractivity contribution in [2.75, 3.05) is 65.7 Å². The van der Waals surface area contributed by atoms with Gasteiger partial charge in [-0.3, -0.25) is 33.6 Å². The van der Waals surface area contributed by atoms with E-state index in [-0.39, 0.29) is 49.6 Å². The predicted molar refractivity (Wildman–Crippen MR) is 275 cm³/mol. The summed E-state index contributed by atoms with van der Waals surface area (Å²) in [7, 11) is 4.92. The van der Waals surface area contributed by atoms with Crippen LogP contribution in [-0.2, 0) is 62.1 Å². The number of ether oxygens (including phenoxy) is 4. The van der Waals surface area contributed by atoms with Crippen molar-refractivity contribution < 1.29 is 62.1 Å². The molecule has 0 fully saturated rings. The lowest BCUT2D eigenvalue weighted by Gasteiger charge is -2.27. The molecule has 3 aromatic carbocycles. The first-order valence-electron chi connectivity index (χ1n) is 22.9. The Balaban J connectivity index is 1.62. The number of unbranched alkanes of at least 4 members (excludes halogenated alkanes) is 1. The van der Waals surface area contributed by atoms with Crippen molar-refractivity contribution >= 4 is 98.2 Å². The summed E-state index contributed by atoms with van der Waals surface area (Å²) in [5.41, 5.74) is 0. The molecule has 0 aromatic heterocycles. The van der Waals surface area contributed by atoms with E-state index in [9.17, 15) is 43.2 Å². The Morgan fingerprint density at radius 1 is 0.507 bits per heavy atom. The molecule has 0 saturated heterocycles. The van der Waals surface area contributed by atoms with Crippen LogP contribution in [0.25, 0.3) is 0 Å². The average molecular weight is 1040 g/mol. The molecular weight excluding hydrogens is 976 g/mol. The van der Waals surface area contributed by atoms with E-state index in [1.165, 1.54) is 47.9 Å².